The number of hydrogen-bond acceptors (Lipinski definition) is 5. The van der Waals surface area contributed by atoms with E-state index in [1.54, 1.807) is 24.3 Å². The van der Waals surface area contributed by atoms with Gasteiger partial charge in [-0.05, 0) is 62.1 Å². The fraction of sp³-hybridized carbons (Fsp3) is 0.304. The van der Waals surface area contributed by atoms with Crippen molar-refractivity contribution < 1.29 is 9.31 Å². The molecule has 0 bridgehead atoms. The summed E-state index contributed by atoms with van der Waals surface area (Å²) in [6, 6.07) is 12.5. The number of rotatable bonds is 4. The molecule has 1 aliphatic carbocycles. The zero-order chi connectivity index (χ0) is 21.6. The molecule has 0 amide bonds. The molecule has 1 aliphatic rings. The number of halogens is 1. The summed E-state index contributed by atoms with van der Waals surface area (Å²) < 4.78 is 15.1. The molecule has 0 unspecified atom stereocenters. The molecule has 1 heterocycles. The number of nitrogens with zero attached hydrogens (tertiary/aromatic N) is 4. The van der Waals surface area contributed by atoms with Gasteiger partial charge in [0.25, 0.3) is 5.69 Å². The van der Waals surface area contributed by atoms with Crippen LogP contribution in [0.2, 0.25) is 0 Å². The SMILES string of the molecule is O=[N+]([O-])c1ccc(-c2csc(=Nc3ccc(F)cc3)n2N=C2CCCCCCC2)cc1. The molecule has 8 heteroatoms. The quantitative estimate of drug-likeness (QED) is 0.347. The van der Waals surface area contributed by atoms with E-state index in [-0.39, 0.29) is 11.5 Å². The highest BCUT2D eigenvalue weighted by atomic mass is 32.1. The number of hydrogen-bond donors (Lipinski definition) is 0. The molecule has 1 fully saturated rings. The molecule has 31 heavy (non-hydrogen) atoms. The third kappa shape index (κ3) is 5.32. The van der Waals surface area contributed by atoms with E-state index in [1.807, 2.05) is 10.1 Å². The van der Waals surface area contributed by atoms with Gasteiger partial charge in [-0.1, -0.05) is 19.3 Å². The van der Waals surface area contributed by atoms with Crippen molar-refractivity contribution in [2.24, 2.45) is 10.1 Å². The Hall–Kier alpha value is -3.13. The number of thiazole rings is 1. The normalized spacial score (nSPS) is 15.4. The van der Waals surface area contributed by atoms with Crippen molar-refractivity contribution >= 4 is 28.4 Å². The molecule has 6 nitrogen and oxygen atoms in total. The number of non-ortho nitro benzene ring substituents is 1. The van der Waals surface area contributed by atoms with Gasteiger partial charge in [0.2, 0.25) is 4.80 Å². The average Bonchev–Trinajstić information content (AvgIpc) is 3.13. The first-order valence-corrected chi connectivity index (χ1v) is 11.3. The maximum atomic E-state index is 13.3. The van der Waals surface area contributed by atoms with Crippen LogP contribution in [0.3, 0.4) is 0 Å². The third-order valence-electron chi connectivity index (χ3n) is 5.28. The fourth-order valence-corrected chi connectivity index (χ4v) is 4.46. The lowest BCUT2D eigenvalue weighted by atomic mass is 9.99. The lowest BCUT2D eigenvalue weighted by Gasteiger charge is -2.12. The predicted octanol–water partition coefficient (Wildman–Crippen LogP) is 6.44. The van der Waals surface area contributed by atoms with Gasteiger partial charge in [-0.3, -0.25) is 10.1 Å². The first kappa shape index (κ1) is 21.1. The van der Waals surface area contributed by atoms with E-state index >= 15 is 0 Å². The maximum Gasteiger partial charge on any atom is 0.269 e. The van der Waals surface area contributed by atoms with Crippen LogP contribution in [0.5, 0.6) is 0 Å². The van der Waals surface area contributed by atoms with Crippen molar-refractivity contribution in [3.63, 3.8) is 0 Å². The van der Waals surface area contributed by atoms with Gasteiger partial charge in [-0.2, -0.15) is 5.10 Å². The number of nitro benzene ring substituents is 1. The van der Waals surface area contributed by atoms with Crippen LogP contribution < -0.4 is 4.80 Å². The smallest absolute Gasteiger partial charge is 0.258 e. The van der Waals surface area contributed by atoms with Crippen molar-refractivity contribution in [2.45, 2.75) is 44.9 Å². The minimum absolute atomic E-state index is 0.0492. The molecule has 3 aromatic rings. The second kappa shape index (κ2) is 9.78. The summed E-state index contributed by atoms with van der Waals surface area (Å²) >= 11 is 1.44. The number of aromatic nitrogens is 1. The van der Waals surface area contributed by atoms with Crippen LogP contribution in [-0.4, -0.2) is 15.3 Å². The molecule has 0 saturated heterocycles. The fourth-order valence-electron chi connectivity index (χ4n) is 3.61. The lowest BCUT2D eigenvalue weighted by Crippen LogP contribution is -2.15. The van der Waals surface area contributed by atoms with E-state index in [1.165, 1.54) is 54.9 Å². The van der Waals surface area contributed by atoms with E-state index in [9.17, 15) is 14.5 Å². The van der Waals surface area contributed by atoms with Crippen molar-refractivity contribution in [2.75, 3.05) is 0 Å². The summed E-state index contributed by atoms with van der Waals surface area (Å²) in [5.74, 6) is -0.306. The number of benzene rings is 2. The lowest BCUT2D eigenvalue weighted by molar-refractivity contribution is -0.384. The molecule has 1 aromatic heterocycles. The van der Waals surface area contributed by atoms with E-state index in [0.29, 0.717) is 10.5 Å². The summed E-state index contributed by atoms with van der Waals surface area (Å²) in [6.07, 6.45) is 7.88. The van der Waals surface area contributed by atoms with Crippen LogP contribution in [0.4, 0.5) is 15.8 Å². The molecular formula is C23H23FN4O2S. The molecule has 0 aliphatic heterocycles. The molecule has 1 saturated carbocycles. The van der Waals surface area contributed by atoms with Crippen LogP contribution >= 0.6 is 11.3 Å². The highest BCUT2D eigenvalue weighted by Crippen LogP contribution is 2.24. The van der Waals surface area contributed by atoms with Crippen LogP contribution in [-0.2, 0) is 0 Å². The van der Waals surface area contributed by atoms with Crippen molar-refractivity contribution in [3.8, 4) is 11.3 Å². The predicted molar refractivity (Wildman–Crippen MR) is 121 cm³/mol. The van der Waals surface area contributed by atoms with Gasteiger partial charge < -0.3 is 0 Å². The van der Waals surface area contributed by atoms with Gasteiger partial charge in [0.15, 0.2) is 0 Å². The topological polar surface area (TPSA) is 72.8 Å². The van der Waals surface area contributed by atoms with Gasteiger partial charge in [-0.15, -0.1) is 11.3 Å². The molecular weight excluding hydrogens is 415 g/mol. The molecule has 0 N–H and O–H groups in total. The van der Waals surface area contributed by atoms with Crippen molar-refractivity contribution in [1.29, 1.82) is 0 Å². The van der Waals surface area contributed by atoms with Crippen LogP contribution in [0.15, 0.2) is 64.0 Å². The Morgan fingerprint density at radius 1 is 0.935 bits per heavy atom. The van der Waals surface area contributed by atoms with Gasteiger partial charge in [0, 0.05) is 28.8 Å². The molecule has 0 radical (unpaired) electrons. The first-order chi connectivity index (χ1) is 15.1. The number of nitro groups is 1. The summed E-state index contributed by atoms with van der Waals surface area (Å²) in [6.45, 7) is 0. The Balaban J connectivity index is 1.80. The van der Waals surface area contributed by atoms with Crippen LogP contribution in [0.25, 0.3) is 11.3 Å². The zero-order valence-corrected chi connectivity index (χ0v) is 17.9. The highest BCUT2D eigenvalue weighted by molar-refractivity contribution is 7.07. The standard InChI is InChI=1S/C23H23FN4O2S/c24-18-10-12-19(13-11-18)25-23-27(26-20-6-4-2-1-3-5-7-20)22(16-31-23)17-8-14-21(15-9-17)28(29)30/h8-16H,1-7H2. The van der Waals surface area contributed by atoms with E-state index < -0.39 is 4.92 Å². The summed E-state index contributed by atoms with van der Waals surface area (Å²) in [5, 5.41) is 17.9. The minimum atomic E-state index is -0.407. The largest absolute Gasteiger partial charge is 0.269 e. The van der Waals surface area contributed by atoms with Gasteiger partial charge in [0.1, 0.15) is 5.82 Å². The second-order valence-electron chi connectivity index (χ2n) is 7.54. The summed E-state index contributed by atoms with van der Waals surface area (Å²) in [5.41, 5.74) is 3.49. The third-order valence-corrected chi connectivity index (χ3v) is 6.10. The Morgan fingerprint density at radius 2 is 1.58 bits per heavy atom. The molecule has 0 atom stereocenters. The van der Waals surface area contributed by atoms with E-state index in [0.717, 1.165) is 42.7 Å². The molecule has 2 aromatic carbocycles. The van der Waals surface area contributed by atoms with Gasteiger partial charge in [0.05, 0.1) is 16.3 Å². The van der Waals surface area contributed by atoms with Crippen LogP contribution in [0.1, 0.15) is 44.9 Å². The average molecular weight is 439 g/mol. The summed E-state index contributed by atoms with van der Waals surface area (Å²) in [7, 11) is 0. The van der Waals surface area contributed by atoms with Crippen molar-refractivity contribution in [1.82, 2.24) is 4.68 Å². The van der Waals surface area contributed by atoms with Crippen LogP contribution in [0, 0.1) is 15.9 Å². The van der Waals surface area contributed by atoms with Gasteiger partial charge >= 0.3 is 0 Å². The first-order valence-electron chi connectivity index (χ1n) is 10.4. The monoisotopic (exact) mass is 438 g/mol. The Kier molecular flexibility index (Phi) is 6.66. The molecule has 160 valence electrons. The molecule has 0 spiro atoms. The summed E-state index contributed by atoms with van der Waals surface area (Å²) in [4.78, 5) is 16.0. The Morgan fingerprint density at radius 3 is 2.23 bits per heavy atom. The van der Waals surface area contributed by atoms with E-state index in [2.05, 4.69) is 4.99 Å². The molecule has 4 rings (SSSR count). The Bertz CT molecular complexity index is 1140. The van der Waals surface area contributed by atoms with Crippen molar-refractivity contribution in [3.05, 3.63) is 74.6 Å². The van der Waals surface area contributed by atoms with E-state index in [4.69, 9.17) is 5.10 Å². The minimum Gasteiger partial charge on any atom is -0.258 e. The maximum absolute atomic E-state index is 13.3. The van der Waals surface area contributed by atoms with Gasteiger partial charge in [-0.25, -0.2) is 14.1 Å². The Labute approximate surface area is 183 Å². The zero-order valence-electron chi connectivity index (χ0n) is 17.0. The second-order valence-corrected chi connectivity index (χ2v) is 8.38. The highest BCUT2D eigenvalue weighted by Gasteiger charge is 2.13.